The third-order valence-corrected chi connectivity index (χ3v) is 3.29. The van der Waals surface area contributed by atoms with Gasteiger partial charge in [0.05, 0.1) is 0 Å². The van der Waals surface area contributed by atoms with Crippen LogP contribution in [0.3, 0.4) is 0 Å². The predicted molar refractivity (Wildman–Crippen MR) is 83.8 cm³/mol. The van der Waals surface area contributed by atoms with E-state index in [0.717, 1.165) is 5.56 Å². The standard InChI is InChI=1S/C17H23NO4/c1-11(2)10-14(17(21)22)18-16(20)9-8-15(19)13-6-4-12(3)5-7-13/h4-7,11,14H,8-10H2,1-3H3,(H,18,20)(H,21,22)/t14-/m0/s1. The van der Waals surface area contributed by atoms with Crippen LogP contribution in [0.2, 0.25) is 0 Å². The Kier molecular flexibility index (Phi) is 6.76. The number of carbonyl (C=O) groups excluding carboxylic acids is 2. The van der Waals surface area contributed by atoms with Crippen molar-refractivity contribution in [2.75, 3.05) is 0 Å². The number of hydrogen-bond acceptors (Lipinski definition) is 3. The number of benzene rings is 1. The Morgan fingerprint density at radius 3 is 2.18 bits per heavy atom. The number of aryl methyl sites for hydroxylation is 1. The molecular weight excluding hydrogens is 282 g/mol. The summed E-state index contributed by atoms with van der Waals surface area (Å²) in [4.78, 5) is 34.8. The van der Waals surface area contributed by atoms with Crippen LogP contribution >= 0.6 is 0 Å². The van der Waals surface area contributed by atoms with Gasteiger partial charge in [-0.25, -0.2) is 4.79 Å². The highest BCUT2D eigenvalue weighted by Crippen LogP contribution is 2.09. The maximum absolute atomic E-state index is 12.0. The second-order valence-corrected chi connectivity index (χ2v) is 5.88. The minimum atomic E-state index is -1.05. The fraction of sp³-hybridized carbons (Fsp3) is 0.471. The largest absolute Gasteiger partial charge is 0.480 e. The van der Waals surface area contributed by atoms with E-state index in [-0.39, 0.29) is 24.5 Å². The zero-order valence-corrected chi connectivity index (χ0v) is 13.3. The number of nitrogens with one attached hydrogen (secondary N) is 1. The first-order valence-corrected chi connectivity index (χ1v) is 7.41. The minimum Gasteiger partial charge on any atom is -0.480 e. The summed E-state index contributed by atoms with van der Waals surface area (Å²) < 4.78 is 0. The van der Waals surface area contributed by atoms with Gasteiger partial charge < -0.3 is 10.4 Å². The molecule has 1 amide bonds. The molecule has 2 N–H and O–H groups in total. The first-order valence-electron chi connectivity index (χ1n) is 7.41. The molecule has 0 aliphatic rings. The molecule has 1 aromatic carbocycles. The lowest BCUT2D eigenvalue weighted by atomic mass is 10.0. The van der Waals surface area contributed by atoms with E-state index < -0.39 is 17.9 Å². The number of aliphatic carboxylic acids is 1. The fourth-order valence-electron chi connectivity index (χ4n) is 2.07. The molecular formula is C17H23NO4. The van der Waals surface area contributed by atoms with Gasteiger partial charge >= 0.3 is 5.97 Å². The summed E-state index contributed by atoms with van der Waals surface area (Å²) >= 11 is 0. The van der Waals surface area contributed by atoms with Gasteiger partial charge in [0.15, 0.2) is 5.78 Å². The van der Waals surface area contributed by atoms with Crippen LogP contribution in [0.15, 0.2) is 24.3 Å². The predicted octanol–water partition coefficient (Wildman–Crippen LogP) is 2.57. The van der Waals surface area contributed by atoms with Crippen molar-refractivity contribution in [3.05, 3.63) is 35.4 Å². The Morgan fingerprint density at radius 1 is 1.09 bits per heavy atom. The number of carboxylic acids is 1. The Morgan fingerprint density at radius 2 is 1.68 bits per heavy atom. The monoisotopic (exact) mass is 305 g/mol. The van der Waals surface area contributed by atoms with E-state index >= 15 is 0 Å². The highest BCUT2D eigenvalue weighted by Gasteiger charge is 2.21. The van der Waals surface area contributed by atoms with Gasteiger partial charge in [-0.15, -0.1) is 0 Å². The zero-order chi connectivity index (χ0) is 16.7. The van der Waals surface area contributed by atoms with Gasteiger partial charge in [-0.2, -0.15) is 0 Å². The highest BCUT2D eigenvalue weighted by atomic mass is 16.4. The summed E-state index contributed by atoms with van der Waals surface area (Å²) in [5, 5.41) is 11.5. The van der Waals surface area contributed by atoms with Crippen molar-refractivity contribution >= 4 is 17.7 Å². The smallest absolute Gasteiger partial charge is 0.326 e. The Labute approximate surface area is 130 Å². The van der Waals surface area contributed by atoms with Crippen LogP contribution in [0, 0.1) is 12.8 Å². The molecule has 0 bridgehead atoms. The van der Waals surface area contributed by atoms with Crippen molar-refractivity contribution in [1.82, 2.24) is 5.32 Å². The quantitative estimate of drug-likeness (QED) is 0.723. The average molecular weight is 305 g/mol. The van der Waals surface area contributed by atoms with Crippen LogP contribution in [0.5, 0.6) is 0 Å². The maximum atomic E-state index is 12.0. The molecule has 0 unspecified atom stereocenters. The number of carbonyl (C=O) groups is 3. The van der Waals surface area contributed by atoms with Crippen molar-refractivity contribution < 1.29 is 19.5 Å². The molecule has 0 aliphatic heterocycles. The van der Waals surface area contributed by atoms with Crippen LogP contribution in [-0.2, 0) is 9.59 Å². The lowest BCUT2D eigenvalue weighted by molar-refractivity contribution is -0.142. The molecule has 0 fully saturated rings. The summed E-state index contributed by atoms with van der Waals surface area (Å²) in [6, 6.07) is 6.25. The molecule has 0 saturated carbocycles. The molecule has 0 spiro atoms. The number of rotatable bonds is 8. The number of hydrogen-bond donors (Lipinski definition) is 2. The molecule has 5 nitrogen and oxygen atoms in total. The first-order chi connectivity index (χ1) is 10.3. The van der Waals surface area contributed by atoms with Gasteiger partial charge in [0, 0.05) is 18.4 Å². The van der Waals surface area contributed by atoms with Gasteiger partial charge in [-0.3, -0.25) is 9.59 Å². The minimum absolute atomic E-state index is 0.00537. The second-order valence-electron chi connectivity index (χ2n) is 5.88. The maximum Gasteiger partial charge on any atom is 0.326 e. The summed E-state index contributed by atoms with van der Waals surface area (Å²) in [5.74, 6) is -1.41. The molecule has 22 heavy (non-hydrogen) atoms. The Hall–Kier alpha value is -2.17. The summed E-state index contributed by atoms with van der Waals surface area (Å²) in [7, 11) is 0. The number of ketones is 1. The van der Waals surface area contributed by atoms with Crippen molar-refractivity contribution in [3.8, 4) is 0 Å². The summed E-state index contributed by atoms with van der Waals surface area (Å²) in [6.45, 7) is 5.72. The summed E-state index contributed by atoms with van der Waals surface area (Å²) in [5.41, 5.74) is 1.63. The molecule has 0 aliphatic carbocycles. The molecule has 0 aromatic heterocycles. The normalized spacial score (nSPS) is 12.0. The summed E-state index contributed by atoms with van der Waals surface area (Å²) in [6.07, 6.45) is 0.435. The Bertz CT molecular complexity index is 534. The van der Waals surface area contributed by atoms with E-state index in [9.17, 15) is 14.4 Å². The molecule has 1 aromatic rings. The van der Waals surface area contributed by atoms with Gasteiger partial charge in [0.25, 0.3) is 0 Å². The van der Waals surface area contributed by atoms with Crippen LogP contribution in [0.4, 0.5) is 0 Å². The number of Topliss-reactive ketones (excluding diaryl/α,β-unsaturated/α-hetero) is 1. The third kappa shape index (κ3) is 6.08. The molecule has 120 valence electrons. The van der Waals surface area contributed by atoms with Crippen LogP contribution < -0.4 is 5.32 Å². The van der Waals surface area contributed by atoms with E-state index in [1.54, 1.807) is 12.1 Å². The third-order valence-electron chi connectivity index (χ3n) is 3.29. The van der Waals surface area contributed by atoms with Gasteiger partial charge in [-0.1, -0.05) is 43.7 Å². The van der Waals surface area contributed by atoms with E-state index in [4.69, 9.17) is 5.11 Å². The SMILES string of the molecule is Cc1ccc(C(=O)CCC(=O)N[C@@H](CC(C)C)C(=O)O)cc1. The number of amides is 1. The molecule has 5 heteroatoms. The molecule has 1 atom stereocenters. The van der Waals surface area contributed by atoms with E-state index in [1.807, 2.05) is 32.9 Å². The lowest BCUT2D eigenvalue weighted by Crippen LogP contribution is -2.41. The van der Waals surface area contributed by atoms with E-state index in [0.29, 0.717) is 12.0 Å². The van der Waals surface area contributed by atoms with Crippen molar-refractivity contribution in [2.45, 2.75) is 46.1 Å². The van der Waals surface area contributed by atoms with Gasteiger partial charge in [-0.05, 0) is 19.3 Å². The van der Waals surface area contributed by atoms with Crippen molar-refractivity contribution in [3.63, 3.8) is 0 Å². The number of carboxylic acid groups (broad SMARTS) is 1. The topological polar surface area (TPSA) is 83.5 Å². The van der Waals surface area contributed by atoms with E-state index in [1.165, 1.54) is 0 Å². The van der Waals surface area contributed by atoms with Gasteiger partial charge in [0.1, 0.15) is 6.04 Å². The first kappa shape index (κ1) is 17.9. The second kappa shape index (κ2) is 8.32. The van der Waals surface area contributed by atoms with Crippen molar-refractivity contribution in [1.29, 1.82) is 0 Å². The Balaban J connectivity index is 2.49. The fourth-order valence-corrected chi connectivity index (χ4v) is 2.07. The average Bonchev–Trinajstić information content (AvgIpc) is 2.44. The molecule has 0 saturated heterocycles. The van der Waals surface area contributed by atoms with Crippen molar-refractivity contribution in [2.24, 2.45) is 5.92 Å². The van der Waals surface area contributed by atoms with Crippen LogP contribution in [0.1, 0.15) is 49.0 Å². The lowest BCUT2D eigenvalue weighted by Gasteiger charge is -2.16. The van der Waals surface area contributed by atoms with Crippen LogP contribution in [0.25, 0.3) is 0 Å². The molecule has 0 radical (unpaired) electrons. The highest BCUT2D eigenvalue weighted by molar-refractivity contribution is 5.98. The molecule has 0 heterocycles. The molecule has 1 rings (SSSR count). The van der Waals surface area contributed by atoms with Gasteiger partial charge in [0.2, 0.25) is 5.91 Å². The van der Waals surface area contributed by atoms with E-state index in [2.05, 4.69) is 5.32 Å². The zero-order valence-electron chi connectivity index (χ0n) is 13.3. The van der Waals surface area contributed by atoms with Crippen LogP contribution in [-0.4, -0.2) is 28.8 Å².